The molecule has 0 aliphatic rings. The lowest BCUT2D eigenvalue weighted by atomic mass is 10.1. The molecule has 1 atom stereocenters. The molecule has 0 aliphatic heterocycles. The van der Waals surface area contributed by atoms with Crippen molar-refractivity contribution in [2.75, 3.05) is 17.7 Å². The van der Waals surface area contributed by atoms with Crippen molar-refractivity contribution in [3.05, 3.63) is 23.8 Å². The summed E-state index contributed by atoms with van der Waals surface area (Å²) < 4.78 is 0. The van der Waals surface area contributed by atoms with Crippen LogP contribution in [0.5, 0.6) is 0 Å². The zero-order chi connectivity index (χ0) is 17.2. The Morgan fingerprint density at radius 2 is 1.96 bits per heavy atom. The predicted molar refractivity (Wildman–Crippen MR) is 98.7 cm³/mol. The first-order valence-corrected chi connectivity index (χ1v) is 8.56. The lowest BCUT2D eigenvalue weighted by Crippen LogP contribution is -2.22. The van der Waals surface area contributed by atoms with Crippen molar-refractivity contribution >= 4 is 22.7 Å². The van der Waals surface area contributed by atoms with Gasteiger partial charge < -0.3 is 16.2 Å². The number of nitrogen functional groups attached to an aromatic ring is 1. The summed E-state index contributed by atoms with van der Waals surface area (Å²) in [6.07, 6.45) is 3.97. The predicted octanol–water partition coefficient (Wildman–Crippen LogP) is 3.90. The minimum absolute atomic E-state index is 0.166. The van der Waals surface area contributed by atoms with E-state index in [1.165, 1.54) is 0 Å². The molecule has 0 amide bonds. The van der Waals surface area contributed by atoms with Crippen molar-refractivity contribution in [3.8, 4) is 0 Å². The standard InChI is InChI=1S/C16H24N4O.C2H6/c1-3-4-7-12(9-10-21)18-15-14-11(2)6-5-8-13(14)19-16(17)20-15;1-2/h5-6,8,12,21H,3-4,7,9-10H2,1-2H3,(H3,17,18,19,20);1-2H3/t12-;/m0./s1. The number of hydrogen-bond acceptors (Lipinski definition) is 5. The fourth-order valence-corrected chi connectivity index (χ4v) is 2.57. The van der Waals surface area contributed by atoms with Gasteiger partial charge in [0.05, 0.1) is 5.52 Å². The van der Waals surface area contributed by atoms with Crippen LogP contribution in [0.1, 0.15) is 52.0 Å². The monoisotopic (exact) mass is 318 g/mol. The number of nitrogens with one attached hydrogen (secondary N) is 1. The van der Waals surface area contributed by atoms with E-state index in [1.54, 1.807) is 0 Å². The van der Waals surface area contributed by atoms with Crippen LogP contribution in [-0.4, -0.2) is 27.7 Å². The molecule has 0 spiro atoms. The Balaban J connectivity index is 0.00000127. The van der Waals surface area contributed by atoms with Crippen LogP contribution in [0.15, 0.2) is 18.2 Å². The second-order valence-corrected chi connectivity index (χ2v) is 5.40. The first-order valence-electron chi connectivity index (χ1n) is 8.56. The fourth-order valence-electron chi connectivity index (χ4n) is 2.57. The molecule has 4 N–H and O–H groups in total. The highest BCUT2D eigenvalue weighted by Gasteiger charge is 2.13. The molecular weight excluding hydrogens is 288 g/mol. The first kappa shape index (κ1) is 19.2. The van der Waals surface area contributed by atoms with E-state index in [9.17, 15) is 5.11 Å². The summed E-state index contributed by atoms with van der Waals surface area (Å²) in [4.78, 5) is 8.66. The number of aromatic nitrogens is 2. The third kappa shape index (κ3) is 5.36. The van der Waals surface area contributed by atoms with Crippen molar-refractivity contribution in [1.29, 1.82) is 0 Å². The number of benzene rings is 1. The van der Waals surface area contributed by atoms with Crippen LogP contribution in [0.4, 0.5) is 11.8 Å². The molecule has 128 valence electrons. The van der Waals surface area contributed by atoms with Crippen molar-refractivity contribution < 1.29 is 5.11 Å². The van der Waals surface area contributed by atoms with Gasteiger partial charge in [0, 0.05) is 18.0 Å². The Hall–Kier alpha value is -1.88. The highest BCUT2D eigenvalue weighted by Crippen LogP contribution is 2.26. The number of nitrogens with two attached hydrogens (primary N) is 1. The van der Waals surface area contributed by atoms with Crippen LogP contribution in [0.25, 0.3) is 10.9 Å². The van der Waals surface area contributed by atoms with E-state index in [1.807, 2.05) is 39.0 Å². The van der Waals surface area contributed by atoms with Gasteiger partial charge in [-0.15, -0.1) is 0 Å². The maximum absolute atomic E-state index is 9.24. The molecule has 0 bridgehead atoms. The summed E-state index contributed by atoms with van der Waals surface area (Å²) in [5.41, 5.74) is 7.78. The highest BCUT2D eigenvalue weighted by atomic mass is 16.3. The van der Waals surface area contributed by atoms with Crippen LogP contribution in [0.3, 0.4) is 0 Å². The van der Waals surface area contributed by atoms with Crippen molar-refractivity contribution in [2.45, 2.75) is 59.4 Å². The van der Waals surface area contributed by atoms with E-state index in [-0.39, 0.29) is 18.6 Å². The molecule has 1 aromatic heterocycles. The van der Waals surface area contributed by atoms with Gasteiger partial charge in [0.2, 0.25) is 5.95 Å². The number of unbranched alkanes of at least 4 members (excludes halogenated alkanes) is 1. The Kier molecular flexibility index (Phi) is 8.33. The summed E-state index contributed by atoms with van der Waals surface area (Å²) in [5, 5.41) is 13.7. The molecule has 0 fully saturated rings. The molecule has 0 radical (unpaired) electrons. The first-order chi connectivity index (χ1) is 11.2. The molecular formula is C18H30N4O. The van der Waals surface area contributed by atoms with Crippen LogP contribution >= 0.6 is 0 Å². The molecule has 2 aromatic rings. The summed E-state index contributed by atoms with van der Waals surface area (Å²) in [5.74, 6) is 1.04. The number of rotatable bonds is 7. The van der Waals surface area contributed by atoms with E-state index in [0.717, 1.165) is 41.5 Å². The zero-order valence-corrected chi connectivity index (χ0v) is 14.8. The van der Waals surface area contributed by atoms with E-state index in [0.29, 0.717) is 6.42 Å². The van der Waals surface area contributed by atoms with Crippen LogP contribution < -0.4 is 11.1 Å². The Morgan fingerprint density at radius 3 is 2.61 bits per heavy atom. The second-order valence-electron chi connectivity index (χ2n) is 5.40. The van der Waals surface area contributed by atoms with E-state index >= 15 is 0 Å². The molecule has 23 heavy (non-hydrogen) atoms. The van der Waals surface area contributed by atoms with Gasteiger partial charge in [-0.05, 0) is 31.4 Å². The molecule has 0 saturated heterocycles. The average molecular weight is 318 g/mol. The normalized spacial score (nSPS) is 11.7. The smallest absolute Gasteiger partial charge is 0.222 e. The molecule has 1 aromatic carbocycles. The molecule has 1 heterocycles. The third-order valence-electron chi connectivity index (χ3n) is 3.67. The van der Waals surface area contributed by atoms with E-state index in [2.05, 4.69) is 22.2 Å². The number of fused-ring (bicyclic) bond motifs is 1. The Labute approximate surface area is 139 Å². The SMILES string of the molecule is CC.CCCC[C@@H](CCO)Nc1nc(N)nc2cccc(C)c12. The van der Waals surface area contributed by atoms with Gasteiger partial charge in [-0.25, -0.2) is 4.98 Å². The molecule has 0 aliphatic carbocycles. The van der Waals surface area contributed by atoms with Crippen LogP contribution in [0, 0.1) is 6.92 Å². The number of aliphatic hydroxyl groups excluding tert-OH is 1. The number of aryl methyl sites for hydroxylation is 1. The van der Waals surface area contributed by atoms with Gasteiger partial charge in [0.25, 0.3) is 0 Å². The fraction of sp³-hybridized carbons (Fsp3) is 0.556. The maximum Gasteiger partial charge on any atom is 0.222 e. The topological polar surface area (TPSA) is 84.1 Å². The Morgan fingerprint density at radius 1 is 1.22 bits per heavy atom. The van der Waals surface area contributed by atoms with E-state index in [4.69, 9.17) is 5.73 Å². The molecule has 0 unspecified atom stereocenters. The highest BCUT2D eigenvalue weighted by molar-refractivity contribution is 5.92. The van der Waals surface area contributed by atoms with Gasteiger partial charge in [-0.3, -0.25) is 0 Å². The number of nitrogens with zero attached hydrogens (tertiary/aromatic N) is 2. The third-order valence-corrected chi connectivity index (χ3v) is 3.67. The summed E-state index contributed by atoms with van der Waals surface area (Å²) in [7, 11) is 0. The Bertz CT molecular complexity index is 601. The minimum atomic E-state index is 0.166. The number of anilines is 2. The van der Waals surface area contributed by atoms with Crippen LogP contribution in [-0.2, 0) is 0 Å². The second kappa shape index (κ2) is 10.0. The quantitative estimate of drug-likeness (QED) is 0.721. The van der Waals surface area contributed by atoms with Crippen molar-refractivity contribution in [3.63, 3.8) is 0 Å². The summed E-state index contributed by atoms with van der Waals surface area (Å²) in [6.45, 7) is 8.37. The zero-order valence-electron chi connectivity index (χ0n) is 14.8. The summed E-state index contributed by atoms with van der Waals surface area (Å²) in [6, 6.07) is 6.15. The minimum Gasteiger partial charge on any atom is -0.396 e. The van der Waals surface area contributed by atoms with Gasteiger partial charge in [-0.2, -0.15) is 4.98 Å². The molecule has 2 rings (SSSR count). The van der Waals surface area contributed by atoms with Gasteiger partial charge in [0.1, 0.15) is 5.82 Å². The average Bonchev–Trinajstić information content (AvgIpc) is 2.54. The van der Waals surface area contributed by atoms with Crippen LogP contribution in [0.2, 0.25) is 0 Å². The number of aliphatic hydroxyl groups is 1. The summed E-state index contributed by atoms with van der Waals surface area (Å²) >= 11 is 0. The van der Waals surface area contributed by atoms with Gasteiger partial charge in [0.15, 0.2) is 0 Å². The lowest BCUT2D eigenvalue weighted by molar-refractivity contribution is 0.276. The van der Waals surface area contributed by atoms with Crippen molar-refractivity contribution in [1.82, 2.24) is 9.97 Å². The molecule has 5 heteroatoms. The molecule has 5 nitrogen and oxygen atoms in total. The van der Waals surface area contributed by atoms with E-state index < -0.39 is 0 Å². The van der Waals surface area contributed by atoms with Gasteiger partial charge in [-0.1, -0.05) is 45.7 Å². The largest absolute Gasteiger partial charge is 0.396 e. The number of hydrogen-bond donors (Lipinski definition) is 3. The molecule has 0 saturated carbocycles. The maximum atomic E-state index is 9.24. The van der Waals surface area contributed by atoms with Gasteiger partial charge >= 0.3 is 0 Å². The lowest BCUT2D eigenvalue weighted by Gasteiger charge is -2.20. The van der Waals surface area contributed by atoms with Crippen molar-refractivity contribution in [2.24, 2.45) is 0 Å².